The van der Waals surface area contributed by atoms with E-state index in [4.69, 9.17) is 0 Å². The summed E-state index contributed by atoms with van der Waals surface area (Å²) < 4.78 is 1.83. The second-order valence-corrected chi connectivity index (χ2v) is 4.44. The van der Waals surface area contributed by atoms with Crippen LogP contribution in [0.4, 0.5) is 5.82 Å². The van der Waals surface area contributed by atoms with Gasteiger partial charge in [0.25, 0.3) is 0 Å². The minimum Gasteiger partial charge on any atom is -0.363 e. The monoisotopic (exact) mass is 245 g/mol. The second-order valence-electron chi connectivity index (χ2n) is 3.72. The van der Waals surface area contributed by atoms with Crippen LogP contribution in [0.1, 0.15) is 11.4 Å². The quantitative estimate of drug-likeness (QED) is 0.767. The highest BCUT2D eigenvalue weighted by Crippen LogP contribution is 2.15. The van der Waals surface area contributed by atoms with Gasteiger partial charge in [0, 0.05) is 17.8 Å². The lowest BCUT2D eigenvalue weighted by Crippen LogP contribution is -2.03. The molecule has 17 heavy (non-hydrogen) atoms. The van der Waals surface area contributed by atoms with Crippen molar-refractivity contribution in [3.8, 4) is 0 Å². The predicted octanol–water partition coefficient (Wildman–Crippen LogP) is 2.11. The smallest absolute Gasteiger partial charge is 0.152 e. The standard InChI is InChI=1S/C11H11N5S/c1-8-4-10-11(12-2-3-16(10)15-8)13-5-9-6-17-7-14-9/h2-4,6-7H,5H2,1H3,(H,12,13). The summed E-state index contributed by atoms with van der Waals surface area (Å²) >= 11 is 1.59. The van der Waals surface area contributed by atoms with Gasteiger partial charge < -0.3 is 5.32 Å². The van der Waals surface area contributed by atoms with Crippen molar-refractivity contribution in [3.63, 3.8) is 0 Å². The summed E-state index contributed by atoms with van der Waals surface area (Å²) in [7, 11) is 0. The molecule has 5 nitrogen and oxygen atoms in total. The number of rotatable bonds is 3. The van der Waals surface area contributed by atoms with E-state index in [0.717, 1.165) is 22.7 Å². The molecule has 3 rings (SSSR count). The molecule has 0 aliphatic carbocycles. The van der Waals surface area contributed by atoms with Crippen molar-refractivity contribution in [1.29, 1.82) is 0 Å². The molecule has 3 heterocycles. The summed E-state index contributed by atoms with van der Waals surface area (Å²) in [5.41, 5.74) is 4.82. The Bertz CT molecular complexity index is 628. The van der Waals surface area contributed by atoms with E-state index < -0.39 is 0 Å². The number of hydrogen-bond acceptors (Lipinski definition) is 5. The largest absolute Gasteiger partial charge is 0.363 e. The topological polar surface area (TPSA) is 55.1 Å². The summed E-state index contributed by atoms with van der Waals surface area (Å²) in [5, 5.41) is 9.64. The molecule has 3 aromatic heterocycles. The highest BCUT2D eigenvalue weighted by Gasteiger charge is 2.05. The first-order chi connectivity index (χ1) is 8.33. The zero-order chi connectivity index (χ0) is 11.7. The Morgan fingerprint density at radius 3 is 3.18 bits per heavy atom. The van der Waals surface area contributed by atoms with Gasteiger partial charge in [0.15, 0.2) is 5.82 Å². The highest BCUT2D eigenvalue weighted by molar-refractivity contribution is 7.07. The summed E-state index contributed by atoms with van der Waals surface area (Å²) in [4.78, 5) is 8.55. The highest BCUT2D eigenvalue weighted by atomic mass is 32.1. The fraction of sp³-hybridized carbons (Fsp3) is 0.182. The van der Waals surface area contributed by atoms with E-state index in [-0.39, 0.29) is 0 Å². The van der Waals surface area contributed by atoms with Crippen molar-refractivity contribution in [2.24, 2.45) is 0 Å². The van der Waals surface area contributed by atoms with E-state index in [1.807, 2.05) is 34.6 Å². The molecule has 0 fully saturated rings. The first kappa shape index (κ1) is 10.2. The molecule has 6 heteroatoms. The van der Waals surface area contributed by atoms with Gasteiger partial charge in [-0.1, -0.05) is 0 Å². The zero-order valence-electron chi connectivity index (χ0n) is 9.29. The molecular formula is C11H11N5S. The third-order valence-electron chi connectivity index (χ3n) is 2.43. The van der Waals surface area contributed by atoms with Gasteiger partial charge >= 0.3 is 0 Å². The fourth-order valence-corrected chi connectivity index (χ4v) is 2.24. The zero-order valence-corrected chi connectivity index (χ0v) is 10.1. The van der Waals surface area contributed by atoms with Crippen molar-refractivity contribution in [2.75, 3.05) is 5.32 Å². The molecule has 0 atom stereocenters. The Balaban J connectivity index is 1.89. The summed E-state index contributed by atoms with van der Waals surface area (Å²) in [5.74, 6) is 0.834. The predicted molar refractivity (Wildman–Crippen MR) is 67.2 cm³/mol. The Labute approximate surface area is 102 Å². The second kappa shape index (κ2) is 4.14. The van der Waals surface area contributed by atoms with E-state index in [9.17, 15) is 0 Å². The molecule has 0 radical (unpaired) electrons. The molecule has 0 saturated heterocycles. The van der Waals surface area contributed by atoms with Crippen LogP contribution in [0.25, 0.3) is 5.52 Å². The minimum absolute atomic E-state index is 0.681. The third-order valence-corrected chi connectivity index (χ3v) is 3.07. The van der Waals surface area contributed by atoms with Gasteiger partial charge in [-0.3, -0.25) is 0 Å². The van der Waals surface area contributed by atoms with E-state index >= 15 is 0 Å². The number of anilines is 1. The SMILES string of the molecule is Cc1cc2c(NCc3cscn3)nccn2n1. The lowest BCUT2D eigenvalue weighted by Gasteiger charge is -2.04. The lowest BCUT2D eigenvalue weighted by molar-refractivity contribution is 0.918. The van der Waals surface area contributed by atoms with Crippen molar-refractivity contribution in [1.82, 2.24) is 19.6 Å². The Morgan fingerprint density at radius 2 is 2.35 bits per heavy atom. The molecule has 0 aliphatic rings. The summed E-state index contributed by atoms with van der Waals surface area (Å²) in [6, 6.07) is 2.01. The molecule has 0 bridgehead atoms. The maximum atomic E-state index is 4.34. The lowest BCUT2D eigenvalue weighted by atomic mass is 10.4. The first-order valence-electron chi connectivity index (χ1n) is 5.25. The van der Waals surface area contributed by atoms with E-state index in [1.54, 1.807) is 17.5 Å². The normalized spacial score (nSPS) is 10.9. The molecule has 0 spiro atoms. The van der Waals surface area contributed by atoms with E-state index in [0.29, 0.717) is 6.54 Å². The van der Waals surface area contributed by atoms with Gasteiger partial charge in [0.05, 0.1) is 23.4 Å². The van der Waals surface area contributed by atoms with Crippen LogP contribution in [0.5, 0.6) is 0 Å². The Kier molecular flexibility index (Phi) is 2.49. The number of aryl methyl sites for hydroxylation is 1. The van der Waals surface area contributed by atoms with Crippen LogP contribution < -0.4 is 5.32 Å². The number of hydrogen-bond donors (Lipinski definition) is 1. The van der Waals surface area contributed by atoms with Gasteiger partial charge in [-0.05, 0) is 13.0 Å². The number of fused-ring (bicyclic) bond motifs is 1. The van der Waals surface area contributed by atoms with Crippen molar-refractivity contribution >= 4 is 22.7 Å². The molecule has 0 aliphatic heterocycles. The van der Waals surface area contributed by atoms with E-state index in [1.165, 1.54) is 0 Å². The Hall–Kier alpha value is -1.95. The average molecular weight is 245 g/mol. The van der Waals surface area contributed by atoms with Crippen LogP contribution in [0, 0.1) is 6.92 Å². The molecule has 0 aromatic carbocycles. The van der Waals surface area contributed by atoms with Gasteiger partial charge in [-0.15, -0.1) is 11.3 Å². The molecule has 1 N–H and O–H groups in total. The molecule has 0 unspecified atom stereocenters. The van der Waals surface area contributed by atoms with Crippen molar-refractivity contribution in [2.45, 2.75) is 13.5 Å². The van der Waals surface area contributed by atoms with E-state index in [2.05, 4.69) is 20.4 Å². The summed E-state index contributed by atoms with van der Waals surface area (Å²) in [6.45, 7) is 2.65. The van der Waals surface area contributed by atoms with Crippen LogP contribution in [-0.2, 0) is 6.54 Å². The number of nitrogens with one attached hydrogen (secondary N) is 1. The Morgan fingerprint density at radius 1 is 1.41 bits per heavy atom. The van der Waals surface area contributed by atoms with Crippen molar-refractivity contribution in [3.05, 3.63) is 40.7 Å². The number of thiazole rings is 1. The van der Waals surface area contributed by atoms with Crippen LogP contribution >= 0.6 is 11.3 Å². The number of nitrogens with zero attached hydrogens (tertiary/aromatic N) is 4. The van der Waals surface area contributed by atoms with Crippen molar-refractivity contribution < 1.29 is 0 Å². The van der Waals surface area contributed by atoms with Crippen LogP contribution in [0.2, 0.25) is 0 Å². The molecule has 0 saturated carbocycles. The van der Waals surface area contributed by atoms with Crippen LogP contribution in [0.3, 0.4) is 0 Å². The maximum Gasteiger partial charge on any atom is 0.152 e. The summed E-state index contributed by atoms with van der Waals surface area (Å²) in [6.07, 6.45) is 3.58. The molecular weight excluding hydrogens is 234 g/mol. The fourth-order valence-electron chi connectivity index (χ4n) is 1.68. The average Bonchev–Trinajstić information content (AvgIpc) is 2.93. The van der Waals surface area contributed by atoms with Gasteiger partial charge in [0.2, 0.25) is 0 Å². The van der Waals surface area contributed by atoms with Gasteiger partial charge in [0.1, 0.15) is 5.52 Å². The molecule has 3 aromatic rings. The molecule has 0 amide bonds. The van der Waals surface area contributed by atoms with Gasteiger partial charge in [-0.25, -0.2) is 14.5 Å². The maximum absolute atomic E-state index is 4.34. The van der Waals surface area contributed by atoms with Crippen LogP contribution in [-0.4, -0.2) is 19.6 Å². The third kappa shape index (κ3) is 1.99. The molecule has 86 valence electrons. The van der Waals surface area contributed by atoms with Gasteiger partial charge in [-0.2, -0.15) is 5.10 Å². The number of aromatic nitrogens is 4. The first-order valence-corrected chi connectivity index (χ1v) is 6.19. The van der Waals surface area contributed by atoms with Crippen LogP contribution in [0.15, 0.2) is 29.4 Å². The minimum atomic E-state index is 0.681.